The molecule has 0 fully saturated rings. The van der Waals surface area contributed by atoms with E-state index in [1.807, 2.05) is 20.8 Å². The number of amides is 1. The van der Waals surface area contributed by atoms with Gasteiger partial charge in [-0.05, 0) is 20.3 Å². The summed E-state index contributed by atoms with van der Waals surface area (Å²) in [5.41, 5.74) is 6.27. The van der Waals surface area contributed by atoms with Gasteiger partial charge in [0.25, 0.3) is 5.91 Å². The average Bonchev–Trinajstić information content (AvgIpc) is 2.56. The number of nitrogens with one attached hydrogen (secondary N) is 1. The van der Waals surface area contributed by atoms with Crippen LogP contribution < -0.4 is 11.1 Å². The molecule has 0 unspecified atom stereocenters. The highest BCUT2D eigenvalue weighted by atomic mass is 16.1. The van der Waals surface area contributed by atoms with Crippen molar-refractivity contribution in [1.29, 1.82) is 0 Å². The third-order valence-corrected chi connectivity index (χ3v) is 2.10. The molecule has 0 aliphatic carbocycles. The van der Waals surface area contributed by atoms with Crippen molar-refractivity contribution in [2.24, 2.45) is 0 Å². The lowest BCUT2D eigenvalue weighted by molar-refractivity contribution is 0.0954. The molecule has 5 nitrogen and oxygen atoms in total. The first-order chi connectivity index (χ1) is 7.07. The van der Waals surface area contributed by atoms with Gasteiger partial charge in [-0.15, -0.1) is 0 Å². The number of hydrogen-bond acceptors (Lipinski definition) is 3. The van der Waals surface area contributed by atoms with Gasteiger partial charge in [0.05, 0.1) is 6.20 Å². The molecule has 1 aromatic heterocycles. The minimum absolute atomic E-state index is 0.152. The van der Waals surface area contributed by atoms with Crippen molar-refractivity contribution >= 4 is 11.7 Å². The fourth-order valence-electron chi connectivity index (χ4n) is 1.29. The van der Waals surface area contributed by atoms with E-state index in [2.05, 4.69) is 10.4 Å². The Hall–Kier alpha value is -1.52. The zero-order valence-corrected chi connectivity index (χ0v) is 9.45. The Morgan fingerprint density at radius 2 is 2.33 bits per heavy atom. The highest BCUT2D eigenvalue weighted by Crippen LogP contribution is 2.15. The van der Waals surface area contributed by atoms with Crippen LogP contribution in [-0.4, -0.2) is 22.2 Å². The molecular formula is C10H18N4O. The van der Waals surface area contributed by atoms with E-state index < -0.39 is 0 Å². The Labute approximate surface area is 89.6 Å². The van der Waals surface area contributed by atoms with E-state index in [0.717, 1.165) is 6.42 Å². The summed E-state index contributed by atoms with van der Waals surface area (Å²) in [5, 5.41) is 6.84. The zero-order valence-electron chi connectivity index (χ0n) is 9.45. The lowest BCUT2D eigenvalue weighted by Gasteiger charge is -2.08. The van der Waals surface area contributed by atoms with Gasteiger partial charge >= 0.3 is 0 Å². The molecule has 0 aromatic carbocycles. The highest BCUT2D eigenvalue weighted by molar-refractivity contribution is 5.98. The van der Waals surface area contributed by atoms with Crippen LogP contribution in [0.5, 0.6) is 0 Å². The van der Waals surface area contributed by atoms with Gasteiger partial charge in [0, 0.05) is 12.6 Å². The third kappa shape index (κ3) is 2.49. The van der Waals surface area contributed by atoms with Gasteiger partial charge in [-0.2, -0.15) is 5.10 Å². The number of aromatic nitrogens is 2. The second-order valence-electron chi connectivity index (χ2n) is 3.74. The van der Waals surface area contributed by atoms with Gasteiger partial charge in [0.1, 0.15) is 11.4 Å². The number of carbonyl (C=O) groups excluding carboxylic acids is 1. The van der Waals surface area contributed by atoms with Crippen LogP contribution in [0.2, 0.25) is 0 Å². The Morgan fingerprint density at radius 3 is 2.80 bits per heavy atom. The van der Waals surface area contributed by atoms with Crippen LogP contribution in [0.15, 0.2) is 6.20 Å². The van der Waals surface area contributed by atoms with E-state index in [1.165, 1.54) is 6.20 Å². The third-order valence-electron chi connectivity index (χ3n) is 2.10. The lowest BCUT2D eigenvalue weighted by Crippen LogP contribution is -2.24. The molecule has 0 atom stereocenters. The Bertz CT molecular complexity index is 343. The molecular weight excluding hydrogens is 192 g/mol. The molecule has 1 amide bonds. The number of nitrogen functional groups attached to an aromatic ring is 1. The molecule has 1 aromatic rings. The van der Waals surface area contributed by atoms with Crippen molar-refractivity contribution in [3.63, 3.8) is 0 Å². The zero-order chi connectivity index (χ0) is 11.4. The Morgan fingerprint density at radius 1 is 1.67 bits per heavy atom. The van der Waals surface area contributed by atoms with E-state index in [4.69, 9.17) is 5.73 Å². The van der Waals surface area contributed by atoms with Gasteiger partial charge < -0.3 is 11.1 Å². The fraction of sp³-hybridized carbons (Fsp3) is 0.600. The molecule has 0 saturated carbocycles. The molecule has 1 rings (SSSR count). The molecule has 0 spiro atoms. The second kappa shape index (κ2) is 4.82. The van der Waals surface area contributed by atoms with E-state index in [1.54, 1.807) is 4.68 Å². The fourth-order valence-corrected chi connectivity index (χ4v) is 1.29. The molecule has 15 heavy (non-hydrogen) atoms. The van der Waals surface area contributed by atoms with Gasteiger partial charge in [-0.3, -0.25) is 4.79 Å². The molecule has 0 bridgehead atoms. The van der Waals surface area contributed by atoms with Crippen LogP contribution >= 0.6 is 0 Å². The molecule has 84 valence electrons. The summed E-state index contributed by atoms with van der Waals surface area (Å²) in [6, 6.07) is 0.165. The minimum atomic E-state index is -0.152. The van der Waals surface area contributed by atoms with E-state index in [-0.39, 0.29) is 11.9 Å². The highest BCUT2D eigenvalue weighted by Gasteiger charge is 2.15. The molecule has 5 heteroatoms. The van der Waals surface area contributed by atoms with E-state index in [0.29, 0.717) is 17.9 Å². The maximum Gasteiger partial charge on any atom is 0.256 e. The SMILES string of the molecule is CCCNC(=O)c1cnn(C(C)C)c1N. The van der Waals surface area contributed by atoms with Crippen LogP contribution in [0.25, 0.3) is 0 Å². The number of rotatable bonds is 4. The van der Waals surface area contributed by atoms with Gasteiger partial charge in [-0.25, -0.2) is 4.68 Å². The van der Waals surface area contributed by atoms with Crippen LogP contribution in [0, 0.1) is 0 Å². The van der Waals surface area contributed by atoms with Gasteiger partial charge in [0.2, 0.25) is 0 Å². The lowest BCUT2D eigenvalue weighted by atomic mass is 10.3. The molecule has 0 aliphatic heterocycles. The van der Waals surface area contributed by atoms with Crippen molar-refractivity contribution in [2.75, 3.05) is 12.3 Å². The first-order valence-corrected chi connectivity index (χ1v) is 5.19. The summed E-state index contributed by atoms with van der Waals surface area (Å²) in [6.45, 7) is 6.60. The maximum atomic E-state index is 11.6. The predicted molar refractivity (Wildman–Crippen MR) is 59.6 cm³/mol. The van der Waals surface area contributed by atoms with Crippen molar-refractivity contribution in [3.05, 3.63) is 11.8 Å². The summed E-state index contributed by atoms with van der Waals surface area (Å²) >= 11 is 0. The summed E-state index contributed by atoms with van der Waals surface area (Å²) in [6.07, 6.45) is 2.42. The molecule has 0 saturated heterocycles. The monoisotopic (exact) mass is 210 g/mol. The largest absolute Gasteiger partial charge is 0.383 e. The minimum Gasteiger partial charge on any atom is -0.383 e. The van der Waals surface area contributed by atoms with Crippen molar-refractivity contribution in [3.8, 4) is 0 Å². The van der Waals surface area contributed by atoms with Crippen molar-refractivity contribution in [2.45, 2.75) is 33.2 Å². The van der Waals surface area contributed by atoms with Gasteiger partial charge in [0.15, 0.2) is 0 Å². The molecule has 0 radical (unpaired) electrons. The average molecular weight is 210 g/mol. The van der Waals surface area contributed by atoms with E-state index in [9.17, 15) is 4.79 Å². The normalized spacial score (nSPS) is 10.7. The smallest absolute Gasteiger partial charge is 0.256 e. The summed E-state index contributed by atoms with van der Waals surface area (Å²) in [4.78, 5) is 11.6. The first-order valence-electron chi connectivity index (χ1n) is 5.19. The van der Waals surface area contributed by atoms with Crippen LogP contribution in [0.3, 0.4) is 0 Å². The molecule has 3 N–H and O–H groups in total. The maximum absolute atomic E-state index is 11.6. The standard InChI is InChI=1S/C10H18N4O/c1-4-5-12-10(15)8-6-13-14(7(2)3)9(8)11/h6-7H,4-5,11H2,1-3H3,(H,12,15). The van der Waals surface area contributed by atoms with Gasteiger partial charge in [-0.1, -0.05) is 6.92 Å². The number of carbonyl (C=O) groups is 1. The molecule has 0 aliphatic rings. The second-order valence-corrected chi connectivity index (χ2v) is 3.74. The van der Waals surface area contributed by atoms with Crippen molar-refractivity contribution < 1.29 is 4.79 Å². The summed E-state index contributed by atoms with van der Waals surface area (Å²) < 4.78 is 1.64. The number of nitrogens with zero attached hydrogens (tertiary/aromatic N) is 2. The number of hydrogen-bond donors (Lipinski definition) is 2. The van der Waals surface area contributed by atoms with E-state index >= 15 is 0 Å². The quantitative estimate of drug-likeness (QED) is 0.784. The number of anilines is 1. The summed E-state index contributed by atoms with van der Waals surface area (Å²) in [5.74, 6) is 0.278. The van der Waals surface area contributed by atoms with Crippen LogP contribution in [0.4, 0.5) is 5.82 Å². The van der Waals surface area contributed by atoms with Crippen LogP contribution in [0.1, 0.15) is 43.6 Å². The van der Waals surface area contributed by atoms with Crippen molar-refractivity contribution in [1.82, 2.24) is 15.1 Å². The summed E-state index contributed by atoms with van der Waals surface area (Å²) in [7, 11) is 0. The van der Waals surface area contributed by atoms with Crippen LogP contribution in [-0.2, 0) is 0 Å². The number of nitrogens with two attached hydrogens (primary N) is 1. The molecule has 1 heterocycles. The Balaban J connectivity index is 2.82. The first kappa shape index (κ1) is 11.6. The predicted octanol–water partition coefficient (Wildman–Crippen LogP) is 1.19. The topological polar surface area (TPSA) is 72.9 Å². The Kier molecular flexibility index (Phi) is 3.71.